The van der Waals surface area contributed by atoms with Crippen LogP contribution in [0.25, 0.3) is 11.2 Å². The summed E-state index contributed by atoms with van der Waals surface area (Å²) in [5.74, 6) is -1.93. The molecule has 13 nitrogen and oxygen atoms in total. The molecule has 19 heteroatoms. The number of amides is 2. The van der Waals surface area contributed by atoms with Crippen LogP contribution < -0.4 is 20.5 Å². The quantitative estimate of drug-likeness (QED) is 0.254. The smallest absolute Gasteiger partial charge is 0.416 e. The molecule has 1 aromatic carbocycles. The van der Waals surface area contributed by atoms with Crippen molar-refractivity contribution in [2.75, 3.05) is 48.8 Å². The van der Waals surface area contributed by atoms with E-state index in [-0.39, 0.29) is 64.3 Å². The average molecular weight is 724 g/mol. The van der Waals surface area contributed by atoms with Gasteiger partial charge in [-0.1, -0.05) is 18.5 Å². The summed E-state index contributed by atoms with van der Waals surface area (Å²) in [6.07, 6.45) is -5.21. The number of aromatic hydroxyl groups is 1. The van der Waals surface area contributed by atoms with Gasteiger partial charge in [-0.25, -0.2) is 28.7 Å². The van der Waals surface area contributed by atoms with Crippen molar-refractivity contribution in [3.8, 4) is 5.75 Å². The number of piperazine rings is 1. The van der Waals surface area contributed by atoms with Gasteiger partial charge in [-0.15, -0.1) is 0 Å². The summed E-state index contributed by atoms with van der Waals surface area (Å²) in [6.45, 7) is 1.71. The molecular weight excluding hydrogens is 693 g/mol. The molecule has 1 atom stereocenters. The third-order valence-corrected chi connectivity index (χ3v) is 8.50. The molecule has 1 aliphatic heterocycles. The van der Waals surface area contributed by atoms with E-state index >= 15 is 0 Å². The number of rotatable bonds is 8. The van der Waals surface area contributed by atoms with Crippen LogP contribution in [-0.4, -0.2) is 92.5 Å². The number of pyridine rings is 1. The van der Waals surface area contributed by atoms with Crippen LogP contribution in [0.5, 0.6) is 5.75 Å². The summed E-state index contributed by atoms with van der Waals surface area (Å²) < 4.78 is 70.1. The van der Waals surface area contributed by atoms with Crippen molar-refractivity contribution in [3.05, 3.63) is 68.6 Å². The Labute approximate surface area is 286 Å². The number of halogens is 6. The first kappa shape index (κ1) is 36.2. The van der Waals surface area contributed by atoms with Crippen LogP contribution in [0, 0.1) is 6.92 Å². The molecule has 2 amide bonds. The predicted molar refractivity (Wildman–Crippen MR) is 174 cm³/mol. The fraction of sp³-hybridized carbons (Fsp3) is 0.387. The van der Waals surface area contributed by atoms with Crippen molar-refractivity contribution >= 4 is 51.8 Å². The molecule has 0 saturated carbocycles. The zero-order valence-electron chi connectivity index (χ0n) is 27.1. The SMILES string of the molecule is CCc1c(N2CCN(C(=O)c3ncnc(C)c3O)[C@@H](C(F)F)C2)c(=O)c2nc(N(C)C)cnc2n1CC(=O)Nc1ccc(C(F)(F)F)cc1Cl. The van der Waals surface area contributed by atoms with Crippen molar-refractivity contribution in [3.63, 3.8) is 0 Å². The van der Waals surface area contributed by atoms with Crippen LogP contribution in [-0.2, 0) is 23.9 Å². The minimum atomic E-state index is -4.66. The molecule has 2 N–H and O–H groups in total. The fourth-order valence-corrected chi connectivity index (χ4v) is 5.89. The molecule has 1 aliphatic rings. The largest absolute Gasteiger partial charge is 0.504 e. The first-order valence-electron chi connectivity index (χ1n) is 15.1. The number of nitrogens with one attached hydrogen (secondary N) is 1. The van der Waals surface area contributed by atoms with Crippen LogP contribution in [0.4, 0.5) is 39.1 Å². The van der Waals surface area contributed by atoms with E-state index in [1.54, 1.807) is 25.9 Å². The second kappa shape index (κ2) is 14.0. The lowest BCUT2D eigenvalue weighted by Gasteiger charge is -2.42. The van der Waals surface area contributed by atoms with Gasteiger partial charge in [-0.3, -0.25) is 14.4 Å². The highest BCUT2D eigenvalue weighted by Gasteiger charge is 2.40. The summed E-state index contributed by atoms with van der Waals surface area (Å²) in [5, 5.41) is 12.5. The number of fused-ring (bicyclic) bond motifs is 1. The number of anilines is 3. The highest BCUT2D eigenvalue weighted by atomic mass is 35.5. The third kappa shape index (κ3) is 6.97. The minimum Gasteiger partial charge on any atom is -0.504 e. The standard InChI is InChI=1S/C31H31ClF5N9O4/c1-5-19-25(44-8-9-45(20(12-44)28(33)34)30(50)24-26(48)15(2)39-14-40-24)27(49)23-29(38-11-21(42-23)43(3)4)46(19)13-22(47)41-18-7-6-16(10-17(18)32)31(35,36)37/h6-7,10-11,14,20,28,48H,5,8-9,12-13H2,1-4H3,(H,41,47)/t20-/m1/s1. The normalized spacial score (nSPS) is 15.1. The van der Waals surface area contributed by atoms with Crippen molar-refractivity contribution in [1.29, 1.82) is 0 Å². The van der Waals surface area contributed by atoms with Gasteiger partial charge < -0.3 is 29.7 Å². The van der Waals surface area contributed by atoms with Gasteiger partial charge in [0.05, 0.1) is 28.2 Å². The van der Waals surface area contributed by atoms with Gasteiger partial charge in [-0.2, -0.15) is 13.2 Å². The Kier molecular flexibility index (Phi) is 10.1. The Morgan fingerprint density at radius 2 is 1.88 bits per heavy atom. The van der Waals surface area contributed by atoms with Gasteiger partial charge in [0.25, 0.3) is 12.3 Å². The second-order valence-electron chi connectivity index (χ2n) is 11.6. The van der Waals surface area contributed by atoms with Crippen LogP contribution in [0.1, 0.15) is 34.4 Å². The summed E-state index contributed by atoms with van der Waals surface area (Å²) in [7, 11) is 3.33. The number of aromatic nitrogens is 5. The molecule has 3 aromatic heterocycles. The predicted octanol–water partition coefficient (Wildman–Crippen LogP) is 4.13. The molecule has 1 fully saturated rings. The first-order valence-corrected chi connectivity index (χ1v) is 15.5. The number of alkyl halides is 5. The molecule has 50 heavy (non-hydrogen) atoms. The zero-order chi connectivity index (χ0) is 36.7. The van der Waals surface area contributed by atoms with Crippen molar-refractivity contribution in [2.45, 2.75) is 45.5 Å². The van der Waals surface area contributed by atoms with Crippen LogP contribution in [0.15, 0.2) is 35.5 Å². The molecule has 0 radical (unpaired) electrons. The molecule has 0 unspecified atom stereocenters. The van der Waals surface area contributed by atoms with E-state index in [9.17, 15) is 41.4 Å². The number of hydrogen-bond donors (Lipinski definition) is 2. The average Bonchev–Trinajstić information content (AvgIpc) is 3.06. The second-order valence-corrected chi connectivity index (χ2v) is 12.0. The van der Waals surface area contributed by atoms with Crippen molar-refractivity contribution in [1.82, 2.24) is 29.4 Å². The summed E-state index contributed by atoms with van der Waals surface area (Å²) in [4.78, 5) is 61.2. The van der Waals surface area contributed by atoms with Crippen LogP contribution in [0.3, 0.4) is 0 Å². The van der Waals surface area contributed by atoms with E-state index < -0.39 is 66.0 Å². The van der Waals surface area contributed by atoms with Crippen molar-refractivity contribution in [2.24, 2.45) is 0 Å². The maximum atomic E-state index is 14.6. The number of hydrogen-bond acceptors (Lipinski definition) is 10. The van der Waals surface area contributed by atoms with Gasteiger partial charge in [0.2, 0.25) is 11.3 Å². The lowest BCUT2D eigenvalue weighted by molar-refractivity contribution is -0.137. The Balaban J connectivity index is 1.56. The van der Waals surface area contributed by atoms with Crippen molar-refractivity contribution < 1.29 is 36.6 Å². The number of nitrogens with zero attached hydrogens (tertiary/aromatic N) is 8. The van der Waals surface area contributed by atoms with E-state index in [0.29, 0.717) is 6.07 Å². The molecule has 266 valence electrons. The molecular formula is C31H31ClF5N9O4. The van der Waals surface area contributed by atoms with E-state index in [4.69, 9.17) is 11.6 Å². The molecule has 4 heterocycles. The molecule has 5 rings (SSSR count). The summed E-state index contributed by atoms with van der Waals surface area (Å²) in [6, 6.07) is 0.711. The van der Waals surface area contributed by atoms with Crippen LogP contribution in [0.2, 0.25) is 5.02 Å². The van der Waals surface area contributed by atoms with E-state index in [2.05, 4.69) is 25.3 Å². The maximum Gasteiger partial charge on any atom is 0.416 e. The fourth-order valence-electron chi connectivity index (χ4n) is 5.66. The van der Waals surface area contributed by atoms with Crippen LogP contribution >= 0.6 is 11.6 Å². The number of aryl methyl sites for hydroxylation is 1. The van der Waals surface area contributed by atoms with Gasteiger partial charge in [0.1, 0.15) is 30.4 Å². The Morgan fingerprint density at radius 3 is 2.50 bits per heavy atom. The van der Waals surface area contributed by atoms with Gasteiger partial charge >= 0.3 is 6.18 Å². The van der Waals surface area contributed by atoms with E-state index in [1.165, 1.54) is 22.6 Å². The Bertz CT molecular complexity index is 2030. The topological polar surface area (TPSA) is 150 Å². The monoisotopic (exact) mass is 723 g/mol. The highest BCUT2D eigenvalue weighted by Crippen LogP contribution is 2.34. The number of carbonyl (C=O) groups is 2. The lowest BCUT2D eigenvalue weighted by Crippen LogP contribution is -2.59. The third-order valence-electron chi connectivity index (χ3n) is 8.19. The van der Waals surface area contributed by atoms with Gasteiger partial charge in [0, 0.05) is 39.4 Å². The van der Waals surface area contributed by atoms with Gasteiger partial charge in [-0.05, 0) is 31.5 Å². The molecule has 4 aromatic rings. The first-order chi connectivity index (χ1) is 23.5. The molecule has 1 saturated heterocycles. The summed E-state index contributed by atoms with van der Waals surface area (Å²) >= 11 is 6.05. The lowest BCUT2D eigenvalue weighted by atomic mass is 10.1. The number of benzene rings is 1. The molecule has 0 aliphatic carbocycles. The highest BCUT2D eigenvalue weighted by molar-refractivity contribution is 6.33. The molecule has 0 spiro atoms. The maximum absolute atomic E-state index is 14.6. The summed E-state index contributed by atoms with van der Waals surface area (Å²) in [5.41, 5.74) is -2.08. The minimum absolute atomic E-state index is 0.00342. The van der Waals surface area contributed by atoms with Gasteiger partial charge in [0.15, 0.2) is 22.6 Å². The molecule has 0 bridgehead atoms. The van der Waals surface area contributed by atoms with E-state index in [0.717, 1.165) is 23.4 Å². The Hall–Kier alpha value is -5.13. The number of carbonyl (C=O) groups excluding carboxylic acids is 2. The van der Waals surface area contributed by atoms with E-state index in [1.807, 2.05) is 0 Å². The zero-order valence-corrected chi connectivity index (χ0v) is 27.9. The Morgan fingerprint density at radius 1 is 1.16 bits per heavy atom.